The summed E-state index contributed by atoms with van der Waals surface area (Å²) in [6, 6.07) is 35.2. The van der Waals surface area contributed by atoms with Crippen LogP contribution in [0.15, 0.2) is 109 Å². The molecule has 5 heteroatoms. The fourth-order valence-corrected chi connectivity index (χ4v) is 5.79. The molecule has 0 spiro atoms. The first-order valence-corrected chi connectivity index (χ1v) is 13.2. The highest BCUT2D eigenvalue weighted by molar-refractivity contribution is 5.79. The number of hydrogen-bond donors (Lipinski definition) is 3. The minimum atomic E-state index is -1.04. The summed E-state index contributed by atoms with van der Waals surface area (Å²) in [5.74, 6) is -0.109. The van der Waals surface area contributed by atoms with Crippen molar-refractivity contribution in [2.75, 3.05) is 6.54 Å². The fraction of sp³-hybridized carbons (Fsp3) is 0.242. The average molecular weight is 507 g/mol. The van der Waals surface area contributed by atoms with Crippen LogP contribution in [0.1, 0.15) is 34.6 Å². The van der Waals surface area contributed by atoms with E-state index in [9.17, 15) is 15.0 Å². The zero-order valence-electron chi connectivity index (χ0n) is 21.4. The van der Waals surface area contributed by atoms with E-state index >= 15 is 0 Å². The molecule has 5 nitrogen and oxygen atoms in total. The number of nitrogens with two attached hydrogens (primary N) is 1. The van der Waals surface area contributed by atoms with Crippen molar-refractivity contribution in [1.82, 2.24) is 4.90 Å². The van der Waals surface area contributed by atoms with E-state index in [0.717, 1.165) is 33.4 Å². The Morgan fingerprint density at radius 1 is 0.737 bits per heavy atom. The summed E-state index contributed by atoms with van der Waals surface area (Å²) < 4.78 is 0. The molecule has 0 saturated carbocycles. The van der Waals surface area contributed by atoms with E-state index < -0.39 is 18.2 Å². The maximum Gasteiger partial charge on any atom is 0.407 e. The second-order valence-electron chi connectivity index (χ2n) is 10.2. The van der Waals surface area contributed by atoms with Gasteiger partial charge in [-0.1, -0.05) is 109 Å². The van der Waals surface area contributed by atoms with Crippen LogP contribution < -0.4 is 5.73 Å². The number of hydrogen-bond acceptors (Lipinski definition) is 3. The van der Waals surface area contributed by atoms with E-state index in [2.05, 4.69) is 24.3 Å². The molecule has 1 aliphatic carbocycles. The summed E-state index contributed by atoms with van der Waals surface area (Å²) in [4.78, 5) is 14.2. The molecule has 4 N–H and O–H groups in total. The Bertz CT molecular complexity index is 1310. The Morgan fingerprint density at radius 2 is 1.21 bits per heavy atom. The number of carboxylic acid groups (broad SMARTS) is 1. The second-order valence-corrected chi connectivity index (χ2v) is 10.2. The van der Waals surface area contributed by atoms with Crippen LogP contribution in [0, 0.1) is 0 Å². The van der Waals surface area contributed by atoms with Gasteiger partial charge >= 0.3 is 6.09 Å². The molecule has 0 heterocycles. The number of benzene rings is 4. The lowest BCUT2D eigenvalue weighted by Gasteiger charge is -2.36. The number of aliphatic hydroxyl groups excluding tert-OH is 1. The highest BCUT2D eigenvalue weighted by atomic mass is 16.4. The fourth-order valence-electron chi connectivity index (χ4n) is 5.79. The van der Waals surface area contributed by atoms with Crippen LogP contribution in [-0.2, 0) is 12.8 Å². The number of nitrogens with zero attached hydrogens (tertiary/aromatic N) is 1. The summed E-state index contributed by atoms with van der Waals surface area (Å²) in [7, 11) is 0. The Balaban J connectivity index is 1.43. The molecule has 4 aromatic carbocycles. The van der Waals surface area contributed by atoms with Gasteiger partial charge in [0.1, 0.15) is 0 Å². The van der Waals surface area contributed by atoms with E-state index in [-0.39, 0.29) is 18.5 Å². The molecule has 1 amide bonds. The summed E-state index contributed by atoms with van der Waals surface area (Å²) in [6.07, 6.45) is -0.636. The predicted octanol–water partition coefficient (Wildman–Crippen LogP) is 5.71. The largest absolute Gasteiger partial charge is 0.465 e. The maximum atomic E-state index is 12.8. The van der Waals surface area contributed by atoms with Crippen molar-refractivity contribution in [3.05, 3.63) is 131 Å². The van der Waals surface area contributed by atoms with Gasteiger partial charge in [0.15, 0.2) is 0 Å². The monoisotopic (exact) mass is 506 g/mol. The summed E-state index contributed by atoms with van der Waals surface area (Å²) in [5, 5.41) is 22.0. The van der Waals surface area contributed by atoms with Gasteiger partial charge in [-0.05, 0) is 52.6 Å². The standard InChI is InChI=1S/C33H34N2O3/c34-25(19-23-11-3-1-4-12-23)21-32(36)31(20-24-13-5-2-6-14-24)35(33(37)38)22-30-28-17-9-7-15-26(28)27-16-8-10-18-29(27)30/h1-18,25,30-32,36H,19-22,34H2,(H,37,38)/t25-,31-,32-/m0/s1. The van der Waals surface area contributed by atoms with Gasteiger partial charge < -0.3 is 20.8 Å². The Hall–Kier alpha value is -3.93. The normalized spacial score (nSPS) is 14.8. The molecule has 0 aromatic heterocycles. The van der Waals surface area contributed by atoms with Crippen LogP contribution in [-0.4, -0.2) is 45.9 Å². The number of carbonyl (C=O) groups is 1. The second kappa shape index (κ2) is 11.6. The van der Waals surface area contributed by atoms with Crippen molar-refractivity contribution in [3.63, 3.8) is 0 Å². The van der Waals surface area contributed by atoms with Crippen LogP contribution in [0.3, 0.4) is 0 Å². The van der Waals surface area contributed by atoms with Gasteiger partial charge in [0.05, 0.1) is 12.1 Å². The number of amides is 1. The Labute approximate surface area is 224 Å². The van der Waals surface area contributed by atoms with Crippen LogP contribution in [0.5, 0.6) is 0 Å². The molecule has 0 unspecified atom stereocenters. The Morgan fingerprint density at radius 3 is 1.74 bits per heavy atom. The van der Waals surface area contributed by atoms with Crippen LogP contribution in [0.4, 0.5) is 4.79 Å². The van der Waals surface area contributed by atoms with E-state index in [1.807, 2.05) is 84.9 Å². The van der Waals surface area contributed by atoms with Gasteiger partial charge in [0.2, 0.25) is 0 Å². The van der Waals surface area contributed by atoms with Crippen LogP contribution in [0.25, 0.3) is 11.1 Å². The zero-order valence-corrected chi connectivity index (χ0v) is 21.4. The molecular weight excluding hydrogens is 472 g/mol. The minimum absolute atomic E-state index is 0.109. The molecule has 0 aliphatic heterocycles. The first-order chi connectivity index (χ1) is 18.5. The Kier molecular flexibility index (Phi) is 7.87. The van der Waals surface area contributed by atoms with E-state index in [1.165, 1.54) is 4.90 Å². The summed E-state index contributed by atoms with van der Waals surface area (Å²) >= 11 is 0. The van der Waals surface area contributed by atoms with Crippen molar-refractivity contribution in [2.45, 2.75) is 43.4 Å². The van der Waals surface area contributed by atoms with Gasteiger partial charge in [-0.25, -0.2) is 4.79 Å². The van der Waals surface area contributed by atoms with Gasteiger partial charge in [-0.15, -0.1) is 0 Å². The molecule has 0 fully saturated rings. The van der Waals surface area contributed by atoms with Crippen molar-refractivity contribution in [1.29, 1.82) is 0 Å². The minimum Gasteiger partial charge on any atom is -0.465 e. The lowest BCUT2D eigenvalue weighted by Crippen LogP contribution is -2.51. The number of aliphatic hydroxyl groups is 1. The van der Waals surface area contributed by atoms with Gasteiger partial charge in [-0.2, -0.15) is 0 Å². The topological polar surface area (TPSA) is 86.8 Å². The van der Waals surface area contributed by atoms with Crippen molar-refractivity contribution in [2.24, 2.45) is 5.73 Å². The molecular formula is C33H34N2O3. The zero-order chi connectivity index (χ0) is 26.5. The highest BCUT2D eigenvalue weighted by Gasteiger charge is 2.36. The van der Waals surface area contributed by atoms with Gasteiger partial charge in [-0.3, -0.25) is 0 Å². The third-order valence-corrected chi connectivity index (χ3v) is 7.60. The maximum absolute atomic E-state index is 12.8. The SMILES string of the molecule is N[C@@H](Cc1ccccc1)C[C@H](O)[C@H](Cc1ccccc1)N(CC1c2ccccc2-c2ccccc21)C(=O)O. The third-order valence-electron chi connectivity index (χ3n) is 7.60. The van der Waals surface area contributed by atoms with Gasteiger partial charge in [0.25, 0.3) is 0 Å². The van der Waals surface area contributed by atoms with Crippen LogP contribution >= 0.6 is 0 Å². The molecule has 3 atom stereocenters. The summed E-state index contributed by atoms with van der Waals surface area (Å²) in [6.45, 7) is 0.256. The van der Waals surface area contributed by atoms with E-state index in [0.29, 0.717) is 19.3 Å². The van der Waals surface area contributed by atoms with Crippen molar-refractivity contribution >= 4 is 6.09 Å². The lowest BCUT2D eigenvalue weighted by molar-refractivity contribution is 0.0385. The molecule has 4 aromatic rings. The average Bonchev–Trinajstić information content (AvgIpc) is 3.25. The molecule has 0 saturated heterocycles. The number of rotatable bonds is 10. The first kappa shape index (κ1) is 25.7. The molecule has 0 radical (unpaired) electrons. The molecule has 0 bridgehead atoms. The molecule has 38 heavy (non-hydrogen) atoms. The van der Waals surface area contributed by atoms with Crippen molar-refractivity contribution in [3.8, 4) is 11.1 Å². The highest BCUT2D eigenvalue weighted by Crippen LogP contribution is 2.45. The smallest absolute Gasteiger partial charge is 0.407 e. The number of fused-ring (bicyclic) bond motifs is 3. The molecule has 5 rings (SSSR count). The van der Waals surface area contributed by atoms with E-state index in [1.54, 1.807) is 0 Å². The quantitative estimate of drug-likeness (QED) is 0.257. The lowest BCUT2D eigenvalue weighted by atomic mass is 9.91. The van der Waals surface area contributed by atoms with E-state index in [4.69, 9.17) is 5.73 Å². The first-order valence-electron chi connectivity index (χ1n) is 13.2. The molecule has 194 valence electrons. The van der Waals surface area contributed by atoms with Crippen molar-refractivity contribution < 1.29 is 15.0 Å². The molecule has 1 aliphatic rings. The van der Waals surface area contributed by atoms with Crippen LogP contribution in [0.2, 0.25) is 0 Å². The third kappa shape index (κ3) is 5.64. The van der Waals surface area contributed by atoms with Gasteiger partial charge in [0, 0.05) is 18.5 Å². The predicted molar refractivity (Wildman–Crippen MR) is 151 cm³/mol. The summed E-state index contributed by atoms with van der Waals surface area (Å²) in [5.41, 5.74) is 13.1.